The average molecular weight is 285 g/mol. The number of nitrogens with zero attached hydrogens (tertiary/aromatic N) is 2. The molecule has 1 aromatic carbocycles. The van der Waals surface area contributed by atoms with Crippen molar-refractivity contribution in [2.45, 2.75) is 12.3 Å². The Morgan fingerprint density at radius 1 is 1.40 bits per heavy atom. The van der Waals surface area contributed by atoms with Gasteiger partial charge in [-0.2, -0.15) is 13.2 Å². The number of halogens is 3. The van der Waals surface area contributed by atoms with E-state index in [9.17, 15) is 18.0 Å². The van der Waals surface area contributed by atoms with Crippen LogP contribution in [0.5, 0.6) is 0 Å². The monoisotopic (exact) mass is 285 g/mol. The molecule has 1 unspecified atom stereocenters. The van der Waals surface area contributed by atoms with E-state index in [2.05, 4.69) is 4.98 Å². The number of aliphatic hydroxyl groups excluding tert-OH is 1. The first kappa shape index (κ1) is 14.1. The number of aliphatic hydroxyl groups is 1. The molecule has 1 heterocycles. The summed E-state index contributed by atoms with van der Waals surface area (Å²) < 4.78 is 38.3. The molecular formula is C12H10F3N3O2. The lowest BCUT2D eigenvalue weighted by atomic mass is 10.2. The van der Waals surface area contributed by atoms with Crippen LogP contribution in [-0.4, -0.2) is 26.7 Å². The number of primary amides is 1. The van der Waals surface area contributed by atoms with Gasteiger partial charge in [0.05, 0.1) is 12.0 Å². The molecule has 0 fully saturated rings. The van der Waals surface area contributed by atoms with Crippen molar-refractivity contribution >= 4 is 5.91 Å². The second kappa shape index (κ2) is 4.97. The van der Waals surface area contributed by atoms with E-state index in [4.69, 9.17) is 10.8 Å². The Hall–Kier alpha value is -2.35. The molecule has 20 heavy (non-hydrogen) atoms. The highest BCUT2D eigenvalue weighted by Crippen LogP contribution is 2.31. The fourth-order valence-electron chi connectivity index (χ4n) is 1.61. The first-order chi connectivity index (χ1) is 9.29. The largest absolute Gasteiger partial charge is 0.420 e. The number of alkyl halides is 3. The van der Waals surface area contributed by atoms with Gasteiger partial charge in [-0.15, -0.1) is 0 Å². The summed E-state index contributed by atoms with van der Waals surface area (Å²) in [6, 6.07) is 6.00. The van der Waals surface area contributed by atoms with Gasteiger partial charge >= 0.3 is 6.18 Å². The molecule has 2 aromatic rings. The summed E-state index contributed by atoms with van der Waals surface area (Å²) in [4.78, 5) is 14.5. The van der Waals surface area contributed by atoms with Gasteiger partial charge in [-0.1, -0.05) is 6.07 Å². The van der Waals surface area contributed by atoms with E-state index in [1.165, 1.54) is 22.8 Å². The number of carbonyl (C=O) groups excluding carboxylic acids is 1. The zero-order chi connectivity index (χ0) is 14.9. The summed E-state index contributed by atoms with van der Waals surface area (Å²) in [7, 11) is 0. The second-order valence-corrected chi connectivity index (χ2v) is 4.06. The molecule has 5 nitrogen and oxygen atoms in total. The number of nitrogens with two attached hydrogens (primary N) is 1. The summed E-state index contributed by atoms with van der Waals surface area (Å²) in [5.41, 5.74) is 5.22. The fourth-order valence-corrected chi connectivity index (χ4v) is 1.61. The minimum Gasteiger partial charge on any atom is -0.378 e. The Labute approximate surface area is 111 Å². The van der Waals surface area contributed by atoms with Crippen molar-refractivity contribution in [3.8, 4) is 5.69 Å². The summed E-state index contributed by atoms with van der Waals surface area (Å²) in [6.45, 7) is 0. The van der Waals surface area contributed by atoms with Crippen molar-refractivity contribution in [1.82, 2.24) is 9.55 Å². The molecule has 2 rings (SSSR count). The van der Waals surface area contributed by atoms with Crippen LogP contribution in [0.3, 0.4) is 0 Å². The Bertz CT molecular complexity index is 637. The lowest BCUT2D eigenvalue weighted by molar-refractivity contribution is -0.207. The van der Waals surface area contributed by atoms with E-state index in [0.717, 1.165) is 12.5 Å². The van der Waals surface area contributed by atoms with Gasteiger partial charge in [0.2, 0.25) is 5.91 Å². The van der Waals surface area contributed by atoms with Crippen molar-refractivity contribution in [2.24, 2.45) is 5.73 Å². The standard InChI is InChI=1S/C12H10F3N3O2/c13-12(14,15)10(19)9-5-18(6-17-9)8-3-1-2-7(4-8)11(16)20/h1-6,10,19H,(H2,16,20). The maximum Gasteiger partial charge on any atom is 0.420 e. The van der Waals surface area contributed by atoms with Crippen molar-refractivity contribution < 1.29 is 23.1 Å². The van der Waals surface area contributed by atoms with Crippen LogP contribution in [0.2, 0.25) is 0 Å². The van der Waals surface area contributed by atoms with Gasteiger partial charge in [-0.3, -0.25) is 4.79 Å². The third kappa shape index (κ3) is 2.80. The van der Waals surface area contributed by atoms with Crippen LogP contribution in [0, 0.1) is 0 Å². The number of benzene rings is 1. The summed E-state index contributed by atoms with van der Waals surface area (Å²) in [5.74, 6) is -0.650. The Balaban J connectivity index is 2.34. The van der Waals surface area contributed by atoms with Crippen LogP contribution in [0.25, 0.3) is 5.69 Å². The van der Waals surface area contributed by atoms with Crippen molar-refractivity contribution in [1.29, 1.82) is 0 Å². The predicted octanol–water partition coefficient (Wildman–Crippen LogP) is 1.57. The quantitative estimate of drug-likeness (QED) is 0.898. The number of amides is 1. The Kier molecular flexibility index (Phi) is 3.49. The smallest absolute Gasteiger partial charge is 0.378 e. The van der Waals surface area contributed by atoms with Crippen LogP contribution in [0.1, 0.15) is 22.2 Å². The van der Waals surface area contributed by atoms with Gasteiger partial charge in [0, 0.05) is 17.4 Å². The van der Waals surface area contributed by atoms with E-state index in [1.807, 2.05) is 0 Å². The number of aromatic nitrogens is 2. The number of hydrogen-bond donors (Lipinski definition) is 2. The van der Waals surface area contributed by atoms with E-state index in [-0.39, 0.29) is 5.56 Å². The molecule has 8 heteroatoms. The van der Waals surface area contributed by atoms with Crippen LogP contribution < -0.4 is 5.73 Å². The molecule has 0 spiro atoms. The van der Waals surface area contributed by atoms with Gasteiger partial charge in [-0.05, 0) is 18.2 Å². The van der Waals surface area contributed by atoms with Gasteiger partial charge < -0.3 is 15.4 Å². The molecule has 0 aliphatic rings. The summed E-state index contributed by atoms with van der Waals surface area (Å²) in [6.07, 6.45) is -5.28. The van der Waals surface area contributed by atoms with Gasteiger partial charge in [0.25, 0.3) is 0 Å². The highest BCUT2D eigenvalue weighted by atomic mass is 19.4. The van der Waals surface area contributed by atoms with Crippen LogP contribution in [-0.2, 0) is 0 Å². The number of rotatable bonds is 3. The highest BCUT2D eigenvalue weighted by Gasteiger charge is 2.40. The second-order valence-electron chi connectivity index (χ2n) is 4.06. The summed E-state index contributed by atoms with van der Waals surface area (Å²) in [5, 5.41) is 9.09. The van der Waals surface area contributed by atoms with Crippen molar-refractivity contribution in [3.63, 3.8) is 0 Å². The molecule has 0 bridgehead atoms. The molecule has 1 atom stereocenters. The third-order valence-corrected chi connectivity index (χ3v) is 2.62. The predicted molar refractivity (Wildman–Crippen MR) is 63.1 cm³/mol. The summed E-state index contributed by atoms with van der Waals surface area (Å²) >= 11 is 0. The lowest BCUT2D eigenvalue weighted by Crippen LogP contribution is -2.20. The van der Waals surface area contributed by atoms with Crippen LogP contribution >= 0.6 is 0 Å². The normalized spacial score (nSPS) is 13.2. The highest BCUT2D eigenvalue weighted by molar-refractivity contribution is 5.93. The van der Waals surface area contributed by atoms with Crippen LogP contribution in [0.4, 0.5) is 13.2 Å². The molecular weight excluding hydrogens is 275 g/mol. The maximum absolute atomic E-state index is 12.4. The third-order valence-electron chi connectivity index (χ3n) is 2.62. The fraction of sp³-hybridized carbons (Fsp3) is 0.167. The molecule has 1 aromatic heterocycles. The number of hydrogen-bond acceptors (Lipinski definition) is 3. The maximum atomic E-state index is 12.4. The molecule has 0 aliphatic carbocycles. The SMILES string of the molecule is NC(=O)c1cccc(-n2cnc(C(O)C(F)(F)F)c2)c1. The Morgan fingerprint density at radius 3 is 2.70 bits per heavy atom. The first-order valence-electron chi connectivity index (χ1n) is 5.48. The van der Waals surface area contributed by atoms with E-state index in [1.54, 1.807) is 6.07 Å². The van der Waals surface area contributed by atoms with Gasteiger partial charge in [0.15, 0.2) is 6.10 Å². The van der Waals surface area contributed by atoms with E-state index < -0.39 is 23.9 Å². The van der Waals surface area contributed by atoms with Gasteiger partial charge in [0.1, 0.15) is 0 Å². The topological polar surface area (TPSA) is 81.1 Å². The zero-order valence-corrected chi connectivity index (χ0v) is 10.0. The van der Waals surface area contributed by atoms with Crippen molar-refractivity contribution in [3.05, 3.63) is 48.0 Å². The molecule has 0 aliphatic heterocycles. The molecule has 0 saturated heterocycles. The lowest BCUT2D eigenvalue weighted by Gasteiger charge is -2.11. The molecule has 1 amide bonds. The van der Waals surface area contributed by atoms with Crippen LogP contribution in [0.15, 0.2) is 36.8 Å². The molecule has 0 saturated carbocycles. The minimum atomic E-state index is -4.78. The van der Waals surface area contributed by atoms with E-state index in [0.29, 0.717) is 5.69 Å². The number of imidazole rings is 1. The van der Waals surface area contributed by atoms with Crippen molar-refractivity contribution in [2.75, 3.05) is 0 Å². The van der Waals surface area contributed by atoms with E-state index >= 15 is 0 Å². The molecule has 0 radical (unpaired) electrons. The Morgan fingerprint density at radius 2 is 2.10 bits per heavy atom. The first-order valence-corrected chi connectivity index (χ1v) is 5.48. The van der Waals surface area contributed by atoms with Gasteiger partial charge in [-0.25, -0.2) is 4.98 Å². The average Bonchev–Trinajstić information content (AvgIpc) is 2.86. The number of carbonyl (C=O) groups is 1. The molecule has 106 valence electrons. The zero-order valence-electron chi connectivity index (χ0n) is 10.0. The minimum absolute atomic E-state index is 0.217. The molecule has 3 N–H and O–H groups in total.